The Morgan fingerprint density at radius 3 is 2.10 bits per heavy atom. The highest BCUT2D eigenvalue weighted by atomic mass is 16.5. The maximum atomic E-state index is 8.42. The van der Waals surface area contributed by atoms with Gasteiger partial charge in [-0.05, 0) is 12.8 Å². The zero-order valence-corrected chi connectivity index (χ0v) is 6.34. The fraction of sp³-hybridized carbons (Fsp3) is 1.00. The first-order valence-electron chi connectivity index (χ1n) is 3.89. The molecule has 0 fully saturated rings. The molecule has 0 aliphatic carbocycles. The van der Waals surface area contributed by atoms with Gasteiger partial charge in [-0.1, -0.05) is 19.3 Å². The first-order chi connectivity index (χ1) is 4.91. The van der Waals surface area contributed by atoms with Crippen LogP contribution in [0.25, 0.3) is 0 Å². The van der Waals surface area contributed by atoms with Crippen LogP contribution in [0, 0.1) is 0 Å². The maximum absolute atomic E-state index is 8.42. The van der Waals surface area contributed by atoms with E-state index < -0.39 is 0 Å². The molecule has 0 saturated carbocycles. The Kier molecular flexibility index (Phi) is 8.77. The van der Waals surface area contributed by atoms with Crippen molar-refractivity contribution in [1.82, 2.24) is 5.48 Å². The summed E-state index contributed by atoms with van der Waals surface area (Å²) in [5.41, 5.74) is 2.11. The number of nitrogens with one attached hydrogen (secondary N) is 1. The molecule has 0 saturated heterocycles. The topological polar surface area (TPSA) is 52.5 Å². The number of unbranched alkanes of at least 4 members (excludes halogenated alkanes) is 4. The summed E-state index contributed by atoms with van der Waals surface area (Å²) in [5, 5.41) is 16.6. The minimum absolute atomic E-state index is 0.304. The van der Waals surface area contributed by atoms with Gasteiger partial charge in [0.25, 0.3) is 0 Å². The van der Waals surface area contributed by atoms with E-state index in [9.17, 15) is 0 Å². The molecule has 0 aromatic rings. The van der Waals surface area contributed by atoms with Gasteiger partial charge in [0.1, 0.15) is 0 Å². The van der Waals surface area contributed by atoms with Crippen molar-refractivity contribution in [1.29, 1.82) is 0 Å². The summed E-state index contributed by atoms with van der Waals surface area (Å²) in [5.74, 6) is 0. The van der Waals surface area contributed by atoms with Gasteiger partial charge in [-0.15, -0.1) is 0 Å². The van der Waals surface area contributed by atoms with Crippen LogP contribution in [0.3, 0.4) is 0 Å². The van der Waals surface area contributed by atoms with Gasteiger partial charge in [0.15, 0.2) is 0 Å². The van der Waals surface area contributed by atoms with Crippen LogP contribution in [0.5, 0.6) is 0 Å². The van der Waals surface area contributed by atoms with Crippen molar-refractivity contribution >= 4 is 0 Å². The van der Waals surface area contributed by atoms with Crippen molar-refractivity contribution < 1.29 is 10.3 Å². The number of rotatable bonds is 7. The van der Waals surface area contributed by atoms with E-state index in [4.69, 9.17) is 10.3 Å². The van der Waals surface area contributed by atoms with E-state index in [0.29, 0.717) is 13.2 Å². The molecule has 0 aliphatic rings. The lowest BCUT2D eigenvalue weighted by molar-refractivity contribution is 0.164. The Labute approximate surface area is 62.0 Å². The summed E-state index contributed by atoms with van der Waals surface area (Å²) in [6.07, 6.45) is 5.31. The summed E-state index contributed by atoms with van der Waals surface area (Å²) < 4.78 is 0. The van der Waals surface area contributed by atoms with Crippen molar-refractivity contribution in [2.75, 3.05) is 13.2 Å². The molecule has 0 aromatic heterocycles. The number of aliphatic hydroxyl groups is 1. The molecule has 0 bridgehead atoms. The predicted octanol–water partition coefficient (Wildman–Crippen LogP) is 0.908. The highest BCUT2D eigenvalue weighted by Gasteiger charge is 1.88. The van der Waals surface area contributed by atoms with Gasteiger partial charge < -0.3 is 10.3 Å². The third-order valence-electron chi connectivity index (χ3n) is 1.45. The number of hydroxylamine groups is 1. The summed E-state index contributed by atoms with van der Waals surface area (Å²) in [7, 11) is 0. The Morgan fingerprint density at radius 1 is 0.900 bits per heavy atom. The van der Waals surface area contributed by atoms with E-state index in [0.717, 1.165) is 32.1 Å². The lowest BCUT2D eigenvalue weighted by atomic mass is 10.1. The molecule has 0 atom stereocenters. The largest absolute Gasteiger partial charge is 0.396 e. The zero-order chi connectivity index (χ0) is 7.66. The second-order valence-electron chi connectivity index (χ2n) is 2.40. The highest BCUT2D eigenvalue weighted by molar-refractivity contribution is 4.43. The molecular weight excluding hydrogens is 130 g/mol. The number of aliphatic hydroxyl groups excluding tert-OH is 1. The van der Waals surface area contributed by atoms with Crippen LogP contribution in [-0.4, -0.2) is 23.5 Å². The Hall–Kier alpha value is -0.120. The molecule has 62 valence electrons. The molecule has 3 heteroatoms. The first kappa shape index (κ1) is 9.88. The van der Waals surface area contributed by atoms with Crippen molar-refractivity contribution in [3.8, 4) is 0 Å². The maximum Gasteiger partial charge on any atom is 0.0431 e. The van der Waals surface area contributed by atoms with E-state index in [1.54, 1.807) is 0 Å². The standard InChI is InChI=1S/C7H17NO2/c9-7-5-3-1-2-4-6-8-10/h8-10H,1-7H2. The highest BCUT2D eigenvalue weighted by Crippen LogP contribution is 2.00. The molecule has 0 rings (SSSR count). The van der Waals surface area contributed by atoms with Gasteiger partial charge in [0.2, 0.25) is 0 Å². The summed E-state index contributed by atoms with van der Waals surface area (Å²) in [6.45, 7) is 0.984. The summed E-state index contributed by atoms with van der Waals surface area (Å²) >= 11 is 0. The predicted molar refractivity (Wildman–Crippen MR) is 40.0 cm³/mol. The minimum atomic E-state index is 0.304. The molecule has 0 radical (unpaired) electrons. The second-order valence-corrected chi connectivity index (χ2v) is 2.40. The number of hydrogen-bond donors (Lipinski definition) is 3. The molecule has 10 heavy (non-hydrogen) atoms. The van der Waals surface area contributed by atoms with Crippen LogP contribution in [0.15, 0.2) is 0 Å². The van der Waals surface area contributed by atoms with Crippen LogP contribution in [0.4, 0.5) is 0 Å². The minimum Gasteiger partial charge on any atom is -0.396 e. The molecule has 0 aromatic carbocycles. The smallest absolute Gasteiger partial charge is 0.0431 e. The third kappa shape index (κ3) is 7.88. The monoisotopic (exact) mass is 147 g/mol. The molecular formula is C7H17NO2. The van der Waals surface area contributed by atoms with E-state index in [1.807, 2.05) is 0 Å². The summed E-state index contributed by atoms with van der Waals surface area (Å²) in [4.78, 5) is 0. The Bertz CT molecular complexity index is 51.6. The second kappa shape index (κ2) is 8.88. The average molecular weight is 147 g/mol. The Balaban J connectivity index is 2.65. The first-order valence-corrected chi connectivity index (χ1v) is 3.89. The molecule has 0 aliphatic heterocycles. The molecule has 3 N–H and O–H groups in total. The van der Waals surface area contributed by atoms with E-state index in [-0.39, 0.29) is 0 Å². The fourth-order valence-corrected chi connectivity index (χ4v) is 0.846. The third-order valence-corrected chi connectivity index (χ3v) is 1.45. The van der Waals surface area contributed by atoms with Gasteiger partial charge in [0, 0.05) is 13.2 Å². The van der Waals surface area contributed by atoms with Crippen LogP contribution in [0.2, 0.25) is 0 Å². The lowest BCUT2D eigenvalue weighted by Crippen LogP contribution is -2.07. The molecule has 0 unspecified atom stereocenters. The van der Waals surface area contributed by atoms with E-state index in [2.05, 4.69) is 5.48 Å². The molecule has 3 nitrogen and oxygen atoms in total. The Morgan fingerprint density at radius 2 is 1.50 bits per heavy atom. The van der Waals surface area contributed by atoms with Crippen LogP contribution in [0.1, 0.15) is 32.1 Å². The summed E-state index contributed by atoms with van der Waals surface area (Å²) in [6, 6.07) is 0. The van der Waals surface area contributed by atoms with Crippen LogP contribution < -0.4 is 5.48 Å². The van der Waals surface area contributed by atoms with Crippen molar-refractivity contribution in [2.24, 2.45) is 0 Å². The van der Waals surface area contributed by atoms with Crippen molar-refractivity contribution in [2.45, 2.75) is 32.1 Å². The van der Waals surface area contributed by atoms with E-state index in [1.165, 1.54) is 0 Å². The zero-order valence-electron chi connectivity index (χ0n) is 6.34. The van der Waals surface area contributed by atoms with Crippen molar-refractivity contribution in [3.63, 3.8) is 0 Å². The fourth-order valence-electron chi connectivity index (χ4n) is 0.846. The SMILES string of the molecule is OCCCCCCCNO. The van der Waals surface area contributed by atoms with Gasteiger partial charge >= 0.3 is 0 Å². The van der Waals surface area contributed by atoms with Crippen LogP contribution >= 0.6 is 0 Å². The quantitative estimate of drug-likeness (QED) is 0.370. The van der Waals surface area contributed by atoms with Gasteiger partial charge in [0.05, 0.1) is 0 Å². The van der Waals surface area contributed by atoms with Crippen molar-refractivity contribution in [3.05, 3.63) is 0 Å². The molecule has 0 spiro atoms. The normalized spacial score (nSPS) is 10.2. The van der Waals surface area contributed by atoms with Gasteiger partial charge in [-0.3, -0.25) is 0 Å². The van der Waals surface area contributed by atoms with Crippen LogP contribution in [-0.2, 0) is 0 Å². The van der Waals surface area contributed by atoms with Gasteiger partial charge in [-0.2, -0.15) is 0 Å². The molecule has 0 heterocycles. The van der Waals surface area contributed by atoms with Gasteiger partial charge in [-0.25, -0.2) is 5.48 Å². The lowest BCUT2D eigenvalue weighted by Gasteiger charge is -1.97. The number of hydrogen-bond acceptors (Lipinski definition) is 3. The van der Waals surface area contributed by atoms with E-state index >= 15 is 0 Å². The average Bonchev–Trinajstić information content (AvgIpc) is 1.97. The molecule has 0 amide bonds.